The first-order valence-electron chi connectivity index (χ1n) is 5.38. The summed E-state index contributed by atoms with van der Waals surface area (Å²) in [5.41, 5.74) is -0.391. The molecule has 7 heteroatoms. The molecule has 20 heavy (non-hydrogen) atoms. The predicted octanol–water partition coefficient (Wildman–Crippen LogP) is 3.86. The highest BCUT2D eigenvalue weighted by atomic mass is 35.5. The number of hydrogen-bond acceptors (Lipinski definition) is 3. The average molecular weight is 302 g/mol. The van der Waals surface area contributed by atoms with E-state index in [-0.39, 0.29) is 16.3 Å². The van der Waals surface area contributed by atoms with Crippen molar-refractivity contribution in [3.05, 3.63) is 58.9 Å². The van der Waals surface area contributed by atoms with E-state index in [2.05, 4.69) is 9.72 Å². The quantitative estimate of drug-likeness (QED) is 0.808. The Hall–Kier alpha value is -2.08. The van der Waals surface area contributed by atoms with Gasteiger partial charge < -0.3 is 4.74 Å². The minimum absolute atomic E-state index is 0.0207. The Morgan fingerprint density at radius 1 is 1.15 bits per heavy atom. The van der Waals surface area contributed by atoms with Gasteiger partial charge in [0.25, 0.3) is 0 Å². The third-order valence-corrected chi connectivity index (χ3v) is 2.64. The molecule has 0 saturated carbocycles. The molecule has 104 valence electrons. The van der Waals surface area contributed by atoms with Gasteiger partial charge in [0.05, 0.1) is 10.6 Å². The van der Waals surface area contributed by atoms with E-state index in [1.165, 1.54) is 24.4 Å². The van der Waals surface area contributed by atoms with Crippen LogP contribution in [0.2, 0.25) is 5.02 Å². The molecule has 0 aliphatic heterocycles. The van der Waals surface area contributed by atoms with Crippen LogP contribution in [-0.2, 0) is 0 Å². The van der Waals surface area contributed by atoms with E-state index < -0.39 is 17.9 Å². The molecule has 0 saturated heterocycles. The van der Waals surface area contributed by atoms with Crippen LogP contribution in [0.3, 0.4) is 0 Å². The zero-order valence-electron chi connectivity index (χ0n) is 9.82. The smallest absolute Gasteiger partial charge is 0.405 e. The lowest BCUT2D eigenvalue weighted by atomic mass is 10.1. The molecule has 0 unspecified atom stereocenters. The number of rotatable bonds is 3. The maximum absolute atomic E-state index is 12.3. The second-order valence-electron chi connectivity index (χ2n) is 3.70. The fourth-order valence-corrected chi connectivity index (χ4v) is 1.81. The largest absolute Gasteiger partial charge is 0.573 e. The average Bonchev–Trinajstić information content (AvgIpc) is 2.37. The Bertz CT molecular complexity index is 629. The summed E-state index contributed by atoms with van der Waals surface area (Å²) in [6.07, 6.45) is -3.56. The van der Waals surface area contributed by atoms with E-state index in [0.717, 1.165) is 6.07 Å². The van der Waals surface area contributed by atoms with Crippen molar-refractivity contribution in [3.8, 4) is 5.75 Å². The number of carbonyl (C=O) groups excluding carboxylic acids is 1. The van der Waals surface area contributed by atoms with Gasteiger partial charge in [0.15, 0.2) is 0 Å². The van der Waals surface area contributed by atoms with Crippen LogP contribution in [0, 0.1) is 0 Å². The molecule has 0 atom stereocenters. The number of benzene rings is 1. The Morgan fingerprint density at radius 3 is 2.50 bits per heavy atom. The molecule has 0 N–H and O–H groups in total. The highest BCUT2D eigenvalue weighted by molar-refractivity contribution is 6.35. The van der Waals surface area contributed by atoms with Gasteiger partial charge in [-0.25, -0.2) is 0 Å². The van der Waals surface area contributed by atoms with Crippen LogP contribution in [-0.4, -0.2) is 17.1 Å². The summed E-state index contributed by atoms with van der Waals surface area (Å²) in [5, 5.41) is -0.137. The summed E-state index contributed by atoms with van der Waals surface area (Å²) < 4.78 is 40.8. The van der Waals surface area contributed by atoms with Crippen molar-refractivity contribution < 1.29 is 22.7 Å². The summed E-state index contributed by atoms with van der Waals surface area (Å²) in [7, 11) is 0. The highest BCUT2D eigenvalue weighted by Gasteiger charge is 2.33. The van der Waals surface area contributed by atoms with Gasteiger partial charge in [-0.2, -0.15) is 0 Å². The summed E-state index contributed by atoms with van der Waals surface area (Å²) >= 11 is 5.81. The molecule has 0 bridgehead atoms. The Kier molecular flexibility index (Phi) is 3.94. The minimum atomic E-state index is -4.91. The molecule has 1 aromatic carbocycles. The molecule has 0 aliphatic rings. The van der Waals surface area contributed by atoms with Gasteiger partial charge in [-0.05, 0) is 24.3 Å². The van der Waals surface area contributed by atoms with Crippen molar-refractivity contribution in [2.24, 2.45) is 0 Å². The van der Waals surface area contributed by atoms with E-state index >= 15 is 0 Å². The molecule has 0 aliphatic carbocycles. The fraction of sp³-hybridized carbons (Fsp3) is 0.0769. The van der Waals surface area contributed by atoms with Gasteiger partial charge in [0.1, 0.15) is 11.4 Å². The maximum atomic E-state index is 12.3. The number of nitrogens with zero attached hydrogens (tertiary/aromatic N) is 1. The van der Waals surface area contributed by atoms with E-state index in [9.17, 15) is 18.0 Å². The number of alkyl halides is 3. The standard InChI is InChI=1S/C13H7ClF3NO2/c14-8-4-3-6-10(20-13(15,16)17)11(8)12(19)9-5-1-2-7-18-9/h1-7H. The predicted molar refractivity (Wildman–Crippen MR) is 65.8 cm³/mol. The van der Waals surface area contributed by atoms with Crippen molar-refractivity contribution >= 4 is 17.4 Å². The van der Waals surface area contributed by atoms with E-state index in [1.54, 1.807) is 12.1 Å². The summed E-state index contributed by atoms with van der Waals surface area (Å²) in [6.45, 7) is 0. The first kappa shape index (κ1) is 14.3. The third kappa shape index (κ3) is 3.27. The van der Waals surface area contributed by atoms with Crippen LogP contribution in [0.4, 0.5) is 13.2 Å². The van der Waals surface area contributed by atoms with Crippen molar-refractivity contribution in [3.63, 3.8) is 0 Å². The van der Waals surface area contributed by atoms with Crippen LogP contribution in [0.1, 0.15) is 16.1 Å². The van der Waals surface area contributed by atoms with Crippen LogP contribution in [0.15, 0.2) is 42.6 Å². The molecular weight excluding hydrogens is 295 g/mol. The van der Waals surface area contributed by atoms with Crippen molar-refractivity contribution in [2.75, 3.05) is 0 Å². The number of ether oxygens (including phenoxy) is 1. The number of hydrogen-bond donors (Lipinski definition) is 0. The van der Waals surface area contributed by atoms with Gasteiger partial charge in [-0.3, -0.25) is 9.78 Å². The molecule has 0 amide bonds. The number of carbonyl (C=O) groups is 1. The molecule has 1 aromatic heterocycles. The molecule has 0 fully saturated rings. The Labute approximate surface area is 117 Å². The molecule has 0 radical (unpaired) electrons. The maximum Gasteiger partial charge on any atom is 0.573 e. The second-order valence-corrected chi connectivity index (χ2v) is 4.11. The lowest BCUT2D eigenvalue weighted by molar-refractivity contribution is -0.274. The highest BCUT2D eigenvalue weighted by Crippen LogP contribution is 2.32. The number of pyridine rings is 1. The van der Waals surface area contributed by atoms with Gasteiger partial charge in [-0.1, -0.05) is 23.7 Å². The van der Waals surface area contributed by atoms with Gasteiger partial charge >= 0.3 is 6.36 Å². The number of aromatic nitrogens is 1. The van der Waals surface area contributed by atoms with Crippen molar-refractivity contribution in [1.29, 1.82) is 0 Å². The normalized spacial score (nSPS) is 11.2. The van der Waals surface area contributed by atoms with Gasteiger partial charge in [0.2, 0.25) is 5.78 Å². The molecule has 0 spiro atoms. The summed E-state index contributed by atoms with van der Waals surface area (Å²) in [5.74, 6) is -1.39. The van der Waals surface area contributed by atoms with E-state index in [4.69, 9.17) is 11.6 Å². The topological polar surface area (TPSA) is 39.2 Å². The van der Waals surface area contributed by atoms with Crippen molar-refractivity contribution in [1.82, 2.24) is 4.98 Å². The van der Waals surface area contributed by atoms with Crippen LogP contribution < -0.4 is 4.74 Å². The SMILES string of the molecule is O=C(c1ccccn1)c1c(Cl)cccc1OC(F)(F)F. The fourth-order valence-electron chi connectivity index (χ4n) is 1.56. The van der Waals surface area contributed by atoms with Crippen LogP contribution >= 0.6 is 11.6 Å². The Morgan fingerprint density at radius 2 is 1.90 bits per heavy atom. The number of halogens is 4. The molecule has 1 heterocycles. The lowest BCUT2D eigenvalue weighted by Gasteiger charge is -2.13. The molecule has 2 aromatic rings. The summed E-state index contributed by atoms with van der Waals surface area (Å²) in [6, 6.07) is 8.09. The zero-order valence-corrected chi connectivity index (χ0v) is 10.6. The van der Waals surface area contributed by atoms with E-state index in [0.29, 0.717) is 0 Å². The first-order chi connectivity index (χ1) is 9.38. The monoisotopic (exact) mass is 301 g/mol. The molecular formula is C13H7ClF3NO2. The number of ketones is 1. The first-order valence-corrected chi connectivity index (χ1v) is 5.76. The van der Waals surface area contributed by atoms with Gasteiger partial charge in [-0.15, -0.1) is 13.2 Å². The van der Waals surface area contributed by atoms with Crippen LogP contribution in [0.5, 0.6) is 5.75 Å². The molecule has 2 rings (SSSR count). The summed E-state index contributed by atoms with van der Waals surface area (Å²) in [4.78, 5) is 16.0. The molecule has 3 nitrogen and oxygen atoms in total. The second kappa shape index (κ2) is 5.50. The Balaban J connectivity index is 2.48. The van der Waals surface area contributed by atoms with Crippen molar-refractivity contribution in [2.45, 2.75) is 6.36 Å². The zero-order chi connectivity index (χ0) is 14.8. The van der Waals surface area contributed by atoms with Gasteiger partial charge in [0, 0.05) is 6.20 Å². The van der Waals surface area contributed by atoms with E-state index in [1.807, 2.05) is 0 Å². The minimum Gasteiger partial charge on any atom is -0.405 e. The van der Waals surface area contributed by atoms with Crippen LogP contribution in [0.25, 0.3) is 0 Å². The lowest BCUT2D eigenvalue weighted by Crippen LogP contribution is -2.19. The third-order valence-electron chi connectivity index (χ3n) is 2.33.